The first-order chi connectivity index (χ1) is 6.18. The van der Waals surface area contributed by atoms with Gasteiger partial charge in [-0.05, 0) is 19.1 Å². The lowest BCUT2D eigenvalue weighted by Gasteiger charge is -1.98. The van der Waals surface area contributed by atoms with E-state index < -0.39 is 0 Å². The quantitative estimate of drug-likeness (QED) is 0.694. The van der Waals surface area contributed by atoms with Gasteiger partial charge in [-0.2, -0.15) is 0 Å². The summed E-state index contributed by atoms with van der Waals surface area (Å²) in [5.74, 6) is 0.826. The van der Waals surface area contributed by atoms with E-state index in [0.29, 0.717) is 11.3 Å². The molecule has 0 bridgehead atoms. The molecule has 2 aromatic rings. The van der Waals surface area contributed by atoms with Crippen LogP contribution >= 0.6 is 0 Å². The number of nitrogens with zero attached hydrogens (tertiary/aromatic N) is 1. The first kappa shape index (κ1) is 8.07. The van der Waals surface area contributed by atoms with Crippen LogP contribution in [-0.4, -0.2) is 10.3 Å². The SMILES string of the molecule is CC(N)c1onc2cc(O)ccc12. The normalized spacial score (nSPS) is 13.4. The lowest BCUT2D eigenvalue weighted by Crippen LogP contribution is -2.03. The number of phenolic OH excluding ortho intramolecular Hbond substituents is 1. The summed E-state index contributed by atoms with van der Waals surface area (Å²) in [6.45, 7) is 1.83. The van der Waals surface area contributed by atoms with E-state index in [1.165, 1.54) is 0 Å². The van der Waals surface area contributed by atoms with Gasteiger partial charge in [0.05, 0.1) is 6.04 Å². The molecule has 0 spiro atoms. The molecule has 68 valence electrons. The second-order valence-electron chi connectivity index (χ2n) is 3.04. The van der Waals surface area contributed by atoms with E-state index in [9.17, 15) is 0 Å². The molecule has 0 fully saturated rings. The van der Waals surface area contributed by atoms with Gasteiger partial charge in [-0.3, -0.25) is 0 Å². The number of hydrogen-bond acceptors (Lipinski definition) is 4. The van der Waals surface area contributed by atoms with E-state index in [2.05, 4.69) is 5.16 Å². The van der Waals surface area contributed by atoms with Crippen LogP contribution in [0.3, 0.4) is 0 Å². The number of fused-ring (bicyclic) bond motifs is 1. The molecule has 0 saturated heterocycles. The van der Waals surface area contributed by atoms with Crippen molar-refractivity contribution >= 4 is 10.9 Å². The molecular weight excluding hydrogens is 168 g/mol. The molecule has 0 radical (unpaired) electrons. The van der Waals surface area contributed by atoms with Crippen molar-refractivity contribution in [3.05, 3.63) is 24.0 Å². The highest BCUT2D eigenvalue weighted by molar-refractivity contribution is 5.82. The molecular formula is C9H10N2O2. The number of phenols is 1. The zero-order chi connectivity index (χ0) is 9.42. The molecule has 4 heteroatoms. The van der Waals surface area contributed by atoms with Gasteiger partial charge in [-0.15, -0.1) is 0 Å². The van der Waals surface area contributed by atoms with E-state index in [1.54, 1.807) is 18.2 Å². The Morgan fingerprint density at radius 3 is 3.00 bits per heavy atom. The predicted molar refractivity (Wildman–Crippen MR) is 48.3 cm³/mol. The highest BCUT2D eigenvalue weighted by atomic mass is 16.5. The van der Waals surface area contributed by atoms with E-state index in [-0.39, 0.29) is 11.8 Å². The maximum Gasteiger partial charge on any atom is 0.160 e. The smallest absolute Gasteiger partial charge is 0.160 e. The lowest BCUT2D eigenvalue weighted by molar-refractivity contribution is 0.375. The van der Waals surface area contributed by atoms with Crippen LogP contribution in [0.2, 0.25) is 0 Å². The third-order valence-electron chi connectivity index (χ3n) is 1.90. The van der Waals surface area contributed by atoms with Crippen molar-refractivity contribution in [3.8, 4) is 5.75 Å². The summed E-state index contributed by atoms with van der Waals surface area (Å²) in [4.78, 5) is 0. The van der Waals surface area contributed by atoms with Crippen LogP contribution in [0.1, 0.15) is 18.7 Å². The minimum absolute atomic E-state index is 0.178. The van der Waals surface area contributed by atoms with Crippen molar-refractivity contribution in [1.82, 2.24) is 5.16 Å². The minimum Gasteiger partial charge on any atom is -0.508 e. The van der Waals surface area contributed by atoms with Crippen molar-refractivity contribution in [2.24, 2.45) is 5.73 Å². The zero-order valence-corrected chi connectivity index (χ0v) is 7.19. The molecule has 1 aromatic heterocycles. The summed E-state index contributed by atoms with van der Waals surface area (Å²) >= 11 is 0. The molecule has 0 aliphatic rings. The molecule has 1 unspecified atom stereocenters. The van der Waals surface area contributed by atoms with Gasteiger partial charge in [0, 0.05) is 11.5 Å². The summed E-state index contributed by atoms with van der Waals surface area (Å²) < 4.78 is 5.05. The summed E-state index contributed by atoms with van der Waals surface area (Å²) in [6.07, 6.45) is 0. The van der Waals surface area contributed by atoms with Crippen molar-refractivity contribution in [1.29, 1.82) is 0 Å². The Morgan fingerprint density at radius 2 is 2.31 bits per heavy atom. The molecule has 2 rings (SSSR count). The molecule has 0 amide bonds. The van der Waals surface area contributed by atoms with E-state index in [0.717, 1.165) is 5.39 Å². The Balaban J connectivity index is 2.69. The van der Waals surface area contributed by atoms with E-state index in [1.807, 2.05) is 6.92 Å². The number of benzene rings is 1. The Morgan fingerprint density at radius 1 is 1.54 bits per heavy atom. The van der Waals surface area contributed by atoms with Gasteiger partial charge in [-0.25, -0.2) is 0 Å². The minimum atomic E-state index is -0.186. The first-order valence-corrected chi connectivity index (χ1v) is 4.02. The van der Waals surface area contributed by atoms with Crippen LogP contribution in [0.5, 0.6) is 5.75 Å². The van der Waals surface area contributed by atoms with Crippen LogP contribution in [0.25, 0.3) is 10.9 Å². The van der Waals surface area contributed by atoms with Gasteiger partial charge in [0.15, 0.2) is 5.76 Å². The molecule has 0 aliphatic heterocycles. The average Bonchev–Trinajstić information content (AvgIpc) is 2.46. The summed E-state index contributed by atoms with van der Waals surface area (Å²) in [6, 6.07) is 4.70. The molecule has 1 atom stereocenters. The Labute approximate surface area is 74.9 Å². The molecule has 0 saturated carbocycles. The van der Waals surface area contributed by atoms with Crippen molar-refractivity contribution in [2.75, 3.05) is 0 Å². The van der Waals surface area contributed by atoms with Gasteiger partial charge >= 0.3 is 0 Å². The number of rotatable bonds is 1. The standard InChI is InChI=1S/C9H10N2O2/c1-5(10)9-7-3-2-6(12)4-8(7)11-13-9/h2-5,12H,10H2,1H3. The second-order valence-corrected chi connectivity index (χ2v) is 3.04. The molecule has 0 aliphatic carbocycles. The molecule has 4 nitrogen and oxygen atoms in total. The Kier molecular flexibility index (Phi) is 1.70. The van der Waals surface area contributed by atoms with Crippen LogP contribution in [0, 0.1) is 0 Å². The fraction of sp³-hybridized carbons (Fsp3) is 0.222. The van der Waals surface area contributed by atoms with Crippen molar-refractivity contribution in [3.63, 3.8) is 0 Å². The highest BCUT2D eigenvalue weighted by Gasteiger charge is 2.11. The third kappa shape index (κ3) is 1.25. The van der Waals surface area contributed by atoms with Crippen LogP contribution in [0.15, 0.2) is 22.7 Å². The monoisotopic (exact) mass is 178 g/mol. The Bertz CT molecular complexity index is 434. The maximum atomic E-state index is 9.17. The highest BCUT2D eigenvalue weighted by Crippen LogP contribution is 2.25. The third-order valence-corrected chi connectivity index (χ3v) is 1.90. The van der Waals surface area contributed by atoms with E-state index >= 15 is 0 Å². The molecule has 3 N–H and O–H groups in total. The lowest BCUT2D eigenvalue weighted by atomic mass is 10.1. The number of hydrogen-bond donors (Lipinski definition) is 2. The van der Waals surface area contributed by atoms with Crippen molar-refractivity contribution in [2.45, 2.75) is 13.0 Å². The van der Waals surface area contributed by atoms with Crippen molar-refractivity contribution < 1.29 is 9.63 Å². The van der Waals surface area contributed by atoms with Gasteiger partial charge < -0.3 is 15.4 Å². The summed E-state index contributed by atoms with van der Waals surface area (Å²) in [7, 11) is 0. The van der Waals surface area contributed by atoms with Gasteiger partial charge in [0.2, 0.25) is 0 Å². The zero-order valence-electron chi connectivity index (χ0n) is 7.19. The molecule has 13 heavy (non-hydrogen) atoms. The fourth-order valence-corrected chi connectivity index (χ4v) is 1.28. The topological polar surface area (TPSA) is 72.3 Å². The van der Waals surface area contributed by atoms with Gasteiger partial charge in [0.25, 0.3) is 0 Å². The number of aromatic hydroxyl groups is 1. The summed E-state index contributed by atoms with van der Waals surface area (Å²) in [5, 5.41) is 13.8. The maximum absolute atomic E-state index is 9.17. The first-order valence-electron chi connectivity index (χ1n) is 4.02. The molecule has 1 heterocycles. The second kappa shape index (κ2) is 2.74. The van der Waals surface area contributed by atoms with Crippen LogP contribution in [0.4, 0.5) is 0 Å². The fourth-order valence-electron chi connectivity index (χ4n) is 1.28. The van der Waals surface area contributed by atoms with Crippen LogP contribution in [-0.2, 0) is 0 Å². The van der Waals surface area contributed by atoms with Gasteiger partial charge in [-0.1, -0.05) is 5.16 Å². The average molecular weight is 178 g/mol. The molecule has 1 aromatic carbocycles. The predicted octanol–water partition coefficient (Wildman–Crippen LogP) is 1.55. The largest absolute Gasteiger partial charge is 0.508 e. The number of nitrogens with two attached hydrogens (primary N) is 1. The summed E-state index contributed by atoms with van der Waals surface area (Å²) in [5.41, 5.74) is 6.30. The van der Waals surface area contributed by atoms with E-state index in [4.69, 9.17) is 15.4 Å². The number of aromatic nitrogens is 1. The van der Waals surface area contributed by atoms with Crippen LogP contribution < -0.4 is 5.73 Å². The Hall–Kier alpha value is -1.55. The van der Waals surface area contributed by atoms with Gasteiger partial charge in [0.1, 0.15) is 11.3 Å².